The van der Waals surface area contributed by atoms with Crippen LogP contribution >= 0.6 is 0 Å². The van der Waals surface area contributed by atoms with Crippen molar-refractivity contribution in [3.63, 3.8) is 0 Å². The average molecular weight is 271 g/mol. The molecule has 0 saturated carbocycles. The maximum Gasteiger partial charge on any atom is 0.416 e. The number of hydrogen-bond donors (Lipinski definition) is 1. The van der Waals surface area contributed by atoms with Gasteiger partial charge in [0.15, 0.2) is 0 Å². The lowest BCUT2D eigenvalue weighted by molar-refractivity contribution is -0.640. The smallest absolute Gasteiger partial charge is 0.416 e. The number of fused-ring (bicyclic) bond motifs is 3. The van der Waals surface area contributed by atoms with Gasteiger partial charge < -0.3 is 9.73 Å². The molecule has 19 heavy (non-hydrogen) atoms. The first-order valence-electron chi connectivity index (χ1n) is 5.00. The molecule has 6 nitrogen and oxygen atoms in total. The third-order valence-corrected chi connectivity index (χ3v) is 2.67. The van der Waals surface area contributed by atoms with Crippen LogP contribution in [-0.2, 0) is 6.18 Å². The van der Waals surface area contributed by atoms with E-state index in [4.69, 9.17) is 0 Å². The second-order valence-electron chi connectivity index (χ2n) is 3.82. The number of H-pyrrole nitrogens is 1. The van der Waals surface area contributed by atoms with Gasteiger partial charge in [-0.15, -0.1) is 0 Å². The van der Waals surface area contributed by atoms with Crippen molar-refractivity contribution in [2.75, 3.05) is 0 Å². The van der Waals surface area contributed by atoms with Crippen LogP contribution in [0, 0.1) is 5.21 Å². The Morgan fingerprint density at radius 1 is 1.37 bits per heavy atom. The molecule has 1 aromatic carbocycles. The van der Waals surface area contributed by atoms with Crippen molar-refractivity contribution in [2.45, 2.75) is 6.18 Å². The van der Waals surface area contributed by atoms with Gasteiger partial charge in [-0.3, -0.25) is 0 Å². The van der Waals surface area contributed by atoms with E-state index in [1.165, 1.54) is 0 Å². The summed E-state index contributed by atoms with van der Waals surface area (Å²) in [6, 6.07) is 2.47. The predicted molar refractivity (Wildman–Crippen MR) is 56.1 cm³/mol. The van der Waals surface area contributed by atoms with Crippen molar-refractivity contribution in [3.05, 3.63) is 39.4 Å². The number of benzene rings is 1. The van der Waals surface area contributed by atoms with Crippen LogP contribution in [0.4, 0.5) is 13.2 Å². The van der Waals surface area contributed by atoms with Crippen molar-refractivity contribution in [2.24, 2.45) is 0 Å². The van der Waals surface area contributed by atoms with Gasteiger partial charge in [0.25, 0.3) is 5.52 Å². The summed E-state index contributed by atoms with van der Waals surface area (Å²) in [6.07, 6.45) is -4.58. The largest absolute Gasteiger partial charge is 0.594 e. The minimum atomic E-state index is -4.58. The van der Waals surface area contributed by atoms with E-state index in [1.807, 2.05) is 0 Å². The number of hydrogen-bond acceptors (Lipinski definition) is 4. The Bertz CT molecular complexity index is 850. The normalized spacial score (nSPS) is 12.4. The van der Waals surface area contributed by atoms with E-state index in [2.05, 4.69) is 14.8 Å². The monoisotopic (exact) mass is 271 g/mol. The SMILES string of the molecule is O=c1o[nH]c2n[n+]([O-])c3cc(C(F)(F)F)ccc3c12. The van der Waals surface area contributed by atoms with Crippen molar-refractivity contribution >= 4 is 21.9 Å². The lowest BCUT2D eigenvalue weighted by Gasteiger charge is -2.06. The molecule has 0 bridgehead atoms. The Balaban J connectivity index is 2.48. The van der Waals surface area contributed by atoms with Crippen LogP contribution in [0.15, 0.2) is 27.5 Å². The number of aromatic amines is 1. The molecule has 3 aromatic rings. The third-order valence-electron chi connectivity index (χ3n) is 2.67. The molecule has 0 unspecified atom stereocenters. The zero-order valence-electron chi connectivity index (χ0n) is 8.99. The van der Waals surface area contributed by atoms with Gasteiger partial charge in [-0.1, -0.05) is 0 Å². The summed E-state index contributed by atoms with van der Waals surface area (Å²) in [5.74, 6) is 0. The number of aromatic nitrogens is 3. The summed E-state index contributed by atoms with van der Waals surface area (Å²) < 4.78 is 42.1. The van der Waals surface area contributed by atoms with E-state index in [9.17, 15) is 23.2 Å². The molecule has 1 N–H and O–H groups in total. The summed E-state index contributed by atoms with van der Waals surface area (Å²) in [4.78, 5) is 11.4. The molecule has 0 saturated heterocycles. The van der Waals surface area contributed by atoms with E-state index >= 15 is 0 Å². The van der Waals surface area contributed by atoms with E-state index in [0.29, 0.717) is 6.07 Å². The molecule has 98 valence electrons. The number of alkyl halides is 3. The van der Waals surface area contributed by atoms with E-state index in [-0.39, 0.29) is 26.8 Å². The Morgan fingerprint density at radius 3 is 2.79 bits per heavy atom. The van der Waals surface area contributed by atoms with Crippen LogP contribution in [0.2, 0.25) is 0 Å². The highest BCUT2D eigenvalue weighted by molar-refractivity contribution is 6.00. The highest BCUT2D eigenvalue weighted by Gasteiger charge is 2.32. The van der Waals surface area contributed by atoms with Gasteiger partial charge in [0.05, 0.1) is 10.9 Å². The molecule has 0 spiro atoms. The molecule has 0 aliphatic heterocycles. The molecule has 0 radical (unpaired) electrons. The van der Waals surface area contributed by atoms with Gasteiger partial charge in [-0.25, -0.2) is 4.79 Å². The van der Waals surface area contributed by atoms with Crippen molar-refractivity contribution in [1.29, 1.82) is 0 Å². The number of rotatable bonds is 0. The minimum absolute atomic E-state index is 0.0123. The Kier molecular flexibility index (Phi) is 2.10. The second kappa shape index (κ2) is 3.46. The molecule has 0 amide bonds. The van der Waals surface area contributed by atoms with Crippen LogP contribution in [-0.4, -0.2) is 10.3 Å². The molecule has 3 rings (SSSR count). The van der Waals surface area contributed by atoms with Crippen molar-refractivity contribution in [3.8, 4) is 0 Å². The highest BCUT2D eigenvalue weighted by atomic mass is 19.4. The Morgan fingerprint density at radius 2 is 2.11 bits per heavy atom. The molecule has 9 heteroatoms. The Hall–Kier alpha value is -2.58. The van der Waals surface area contributed by atoms with Gasteiger partial charge in [0.1, 0.15) is 5.39 Å². The first-order chi connectivity index (χ1) is 8.88. The first kappa shape index (κ1) is 11.5. The predicted octanol–water partition coefficient (Wildman–Crippen LogP) is 1.32. The van der Waals surface area contributed by atoms with Crippen LogP contribution in [0.1, 0.15) is 5.56 Å². The maximum atomic E-state index is 12.6. The molecule has 2 heterocycles. The van der Waals surface area contributed by atoms with Crippen LogP contribution < -0.4 is 10.5 Å². The van der Waals surface area contributed by atoms with Crippen molar-refractivity contribution < 1.29 is 22.5 Å². The molecule has 0 aliphatic rings. The number of nitrogens with one attached hydrogen (secondary N) is 1. The topological polar surface area (TPSA) is 85.8 Å². The third kappa shape index (κ3) is 1.62. The fraction of sp³-hybridized carbons (Fsp3) is 0.100. The summed E-state index contributed by atoms with van der Waals surface area (Å²) in [6.45, 7) is 0. The maximum absolute atomic E-state index is 12.6. The van der Waals surface area contributed by atoms with Gasteiger partial charge in [0.2, 0.25) is 5.65 Å². The number of halogens is 3. The van der Waals surface area contributed by atoms with E-state index in [1.54, 1.807) is 0 Å². The molecule has 0 atom stereocenters. The first-order valence-corrected chi connectivity index (χ1v) is 5.00. The summed E-state index contributed by atoms with van der Waals surface area (Å²) >= 11 is 0. The van der Waals surface area contributed by atoms with Gasteiger partial charge in [-0.05, 0) is 17.0 Å². The van der Waals surface area contributed by atoms with E-state index in [0.717, 1.165) is 12.1 Å². The molecular weight excluding hydrogens is 267 g/mol. The van der Waals surface area contributed by atoms with Gasteiger partial charge >= 0.3 is 11.8 Å². The second-order valence-corrected chi connectivity index (χ2v) is 3.82. The van der Waals surface area contributed by atoms with Crippen LogP contribution in [0.5, 0.6) is 0 Å². The zero-order chi connectivity index (χ0) is 13.8. The standard InChI is InChI=1S/C10H4F3N3O3/c11-10(12,13)4-1-2-5-6(3-4)16(18)14-8-7(5)9(17)19-15-8/h1-3H,(H,14,15). The summed E-state index contributed by atoms with van der Waals surface area (Å²) in [7, 11) is 0. The van der Waals surface area contributed by atoms with Crippen LogP contribution in [0.3, 0.4) is 0 Å². The molecule has 2 aromatic heterocycles. The van der Waals surface area contributed by atoms with Gasteiger partial charge in [0, 0.05) is 11.2 Å². The van der Waals surface area contributed by atoms with Crippen molar-refractivity contribution in [1.82, 2.24) is 10.3 Å². The van der Waals surface area contributed by atoms with Gasteiger partial charge in [-0.2, -0.15) is 18.3 Å². The fourth-order valence-corrected chi connectivity index (χ4v) is 1.82. The minimum Gasteiger partial charge on any atom is -0.594 e. The molecule has 0 aliphatic carbocycles. The average Bonchev–Trinajstić information content (AvgIpc) is 2.69. The zero-order valence-corrected chi connectivity index (χ0v) is 8.99. The number of nitrogens with zero attached hydrogens (tertiary/aromatic N) is 2. The lowest BCUT2D eigenvalue weighted by atomic mass is 10.1. The quantitative estimate of drug-likeness (QED) is 0.493. The van der Waals surface area contributed by atoms with E-state index < -0.39 is 17.4 Å². The molecular formula is C10H4F3N3O3. The fourth-order valence-electron chi connectivity index (χ4n) is 1.82. The molecule has 0 fully saturated rings. The summed E-state index contributed by atoms with van der Waals surface area (Å²) in [5, 5.41) is 17.1. The lowest BCUT2D eigenvalue weighted by Crippen LogP contribution is -2.32. The summed E-state index contributed by atoms with van der Waals surface area (Å²) in [5.41, 5.74) is -2.26. The Labute approximate surface area is 101 Å². The highest BCUT2D eigenvalue weighted by Crippen LogP contribution is 2.31. The van der Waals surface area contributed by atoms with Crippen LogP contribution in [0.25, 0.3) is 21.9 Å².